The first kappa shape index (κ1) is 16.2. The summed E-state index contributed by atoms with van der Waals surface area (Å²) in [5.41, 5.74) is 0.998. The van der Waals surface area contributed by atoms with Crippen LogP contribution in [0.2, 0.25) is 0 Å². The lowest BCUT2D eigenvalue weighted by Gasteiger charge is -2.35. The van der Waals surface area contributed by atoms with E-state index in [1.165, 1.54) is 0 Å². The van der Waals surface area contributed by atoms with Gasteiger partial charge in [-0.25, -0.2) is 0 Å². The predicted octanol–water partition coefficient (Wildman–Crippen LogP) is 2.24. The second-order valence-electron chi connectivity index (χ2n) is 5.87. The van der Waals surface area contributed by atoms with E-state index in [4.69, 9.17) is 0 Å². The first-order chi connectivity index (χ1) is 8.93. The molecule has 0 aliphatic rings. The number of nitrogens with zero attached hydrogens (tertiary/aromatic N) is 2. The van der Waals surface area contributed by atoms with E-state index < -0.39 is 6.10 Å². The fourth-order valence-electron chi connectivity index (χ4n) is 2.47. The third kappa shape index (κ3) is 4.94. The van der Waals surface area contributed by atoms with E-state index in [9.17, 15) is 5.11 Å². The molecule has 0 bridgehead atoms. The molecule has 0 saturated carbocycles. The van der Waals surface area contributed by atoms with Gasteiger partial charge in [0.15, 0.2) is 0 Å². The highest BCUT2D eigenvalue weighted by molar-refractivity contribution is 5.19. The van der Waals surface area contributed by atoms with Crippen molar-refractivity contribution in [2.45, 2.75) is 26.0 Å². The maximum atomic E-state index is 10.6. The molecule has 2 unspecified atom stereocenters. The van der Waals surface area contributed by atoms with Gasteiger partial charge in [-0.15, -0.1) is 0 Å². The van der Waals surface area contributed by atoms with Gasteiger partial charge in [0.1, 0.15) is 0 Å². The Morgan fingerprint density at radius 2 is 1.58 bits per heavy atom. The van der Waals surface area contributed by atoms with Crippen LogP contribution < -0.4 is 0 Å². The average molecular weight is 264 g/mol. The monoisotopic (exact) mass is 264 g/mol. The summed E-state index contributed by atoms with van der Waals surface area (Å²) in [6, 6.07) is 10.1. The number of aliphatic hydroxyl groups is 1. The molecule has 0 spiro atoms. The second kappa shape index (κ2) is 7.63. The quantitative estimate of drug-likeness (QED) is 0.818. The molecule has 3 heteroatoms. The summed E-state index contributed by atoms with van der Waals surface area (Å²) in [6.07, 6.45) is -0.437. The Morgan fingerprint density at radius 3 is 2.05 bits per heavy atom. The van der Waals surface area contributed by atoms with Gasteiger partial charge in [0.2, 0.25) is 0 Å². The fourth-order valence-corrected chi connectivity index (χ4v) is 2.47. The zero-order valence-corrected chi connectivity index (χ0v) is 12.9. The van der Waals surface area contributed by atoms with E-state index in [1.54, 1.807) is 0 Å². The van der Waals surface area contributed by atoms with Crippen molar-refractivity contribution < 1.29 is 5.11 Å². The topological polar surface area (TPSA) is 26.7 Å². The molecule has 3 nitrogen and oxygen atoms in total. The Morgan fingerprint density at radius 1 is 1.00 bits per heavy atom. The molecule has 108 valence electrons. The van der Waals surface area contributed by atoms with E-state index in [0.29, 0.717) is 5.92 Å². The molecule has 1 N–H and O–H groups in total. The van der Waals surface area contributed by atoms with Crippen LogP contribution in [0.3, 0.4) is 0 Å². The Balaban J connectivity index is 2.76. The van der Waals surface area contributed by atoms with Gasteiger partial charge in [-0.1, -0.05) is 44.2 Å². The molecule has 19 heavy (non-hydrogen) atoms. The van der Waals surface area contributed by atoms with Gasteiger partial charge in [0.25, 0.3) is 0 Å². The average Bonchev–Trinajstić information content (AvgIpc) is 2.37. The number of aliphatic hydroxyl groups excluding tert-OH is 1. The molecule has 0 aromatic heterocycles. The molecule has 0 saturated heterocycles. The Bertz CT molecular complexity index is 351. The summed E-state index contributed by atoms with van der Waals surface area (Å²) in [4.78, 5) is 4.44. The normalized spacial score (nSPS) is 15.2. The van der Waals surface area contributed by atoms with Crippen LogP contribution in [0.4, 0.5) is 0 Å². The zero-order valence-electron chi connectivity index (χ0n) is 12.9. The third-order valence-electron chi connectivity index (χ3n) is 3.56. The minimum Gasteiger partial charge on any atom is -0.387 e. The summed E-state index contributed by atoms with van der Waals surface area (Å²) in [5, 5.41) is 10.6. The molecule has 0 amide bonds. The molecule has 0 fully saturated rings. The molecular weight excluding hydrogens is 236 g/mol. The van der Waals surface area contributed by atoms with Gasteiger partial charge in [-0.3, -0.25) is 4.90 Å². The van der Waals surface area contributed by atoms with Crippen molar-refractivity contribution in [2.75, 3.05) is 34.2 Å². The number of benzene rings is 1. The minimum atomic E-state index is -0.437. The smallest absolute Gasteiger partial charge is 0.0947 e. The Hall–Kier alpha value is -0.900. The van der Waals surface area contributed by atoms with Crippen LogP contribution in [0.25, 0.3) is 0 Å². The molecule has 0 radical (unpaired) electrons. The van der Waals surface area contributed by atoms with Crippen molar-refractivity contribution in [1.29, 1.82) is 0 Å². The van der Waals surface area contributed by atoms with E-state index >= 15 is 0 Å². The lowest BCUT2D eigenvalue weighted by atomic mass is 9.92. The van der Waals surface area contributed by atoms with Crippen LogP contribution in [-0.2, 0) is 0 Å². The highest BCUT2D eigenvalue weighted by Gasteiger charge is 2.27. The number of rotatable bonds is 7. The highest BCUT2D eigenvalue weighted by atomic mass is 16.3. The Kier molecular flexibility index (Phi) is 6.49. The van der Waals surface area contributed by atoms with E-state index in [2.05, 4.69) is 44.8 Å². The highest BCUT2D eigenvalue weighted by Crippen LogP contribution is 2.25. The maximum absolute atomic E-state index is 10.6. The van der Waals surface area contributed by atoms with Gasteiger partial charge in [-0.2, -0.15) is 0 Å². The summed E-state index contributed by atoms with van der Waals surface area (Å²) in [5.74, 6) is 0.405. The largest absolute Gasteiger partial charge is 0.387 e. The van der Waals surface area contributed by atoms with Crippen LogP contribution in [0.5, 0.6) is 0 Å². The summed E-state index contributed by atoms with van der Waals surface area (Å²) in [6.45, 7) is 6.30. The van der Waals surface area contributed by atoms with E-state index in [1.807, 2.05) is 30.3 Å². The van der Waals surface area contributed by atoms with Crippen molar-refractivity contribution in [3.63, 3.8) is 0 Å². The molecule has 0 aliphatic carbocycles. The SMILES string of the molecule is CC(C)C(C(O)c1ccccc1)N(C)CCN(C)C. The molecule has 1 rings (SSSR count). The predicted molar refractivity (Wildman–Crippen MR) is 81.2 cm³/mol. The van der Waals surface area contributed by atoms with Crippen molar-refractivity contribution in [3.8, 4) is 0 Å². The molecule has 0 heterocycles. The molecule has 0 aliphatic heterocycles. The number of hydrogen-bond acceptors (Lipinski definition) is 3. The van der Waals surface area contributed by atoms with Gasteiger partial charge in [0.05, 0.1) is 6.10 Å². The first-order valence-electron chi connectivity index (χ1n) is 7.01. The maximum Gasteiger partial charge on any atom is 0.0947 e. The third-order valence-corrected chi connectivity index (χ3v) is 3.56. The van der Waals surface area contributed by atoms with Gasteiger partial charge in [0, 0.05) is 19.1 Å². The second-order valence-corrected chi connectivity index (χ2v) is 5.87. The molecular formula is C16H28N2O. The Labute approximate surface area is 117 Å². The van der Waals surface area contributed by atoms with Crippen molar-refractivity contribution in [2.24, 2.45) is 5.92 Å². The fraction of sp³-hybridized carbons (Fsp3) is 0.625. The van der Waals surface area contributed by atoms with Crippen LogP contribution in [0.15, 0.2) is 30.3 Å². The molecule has 2 atom stereocenters. The number of likely N-dealkylation sites (N-methyl/N-ethyl adjacent to an activating group) is 2. The van der Waals surface area contributed by atoms with E-state index in [-0.39, 0.29) is 6.04 Å². The van der Waals surface area contributed by atoms with E-state index in [0.717, 1.165) is 18.7 Å². The number of hydrogen-bond donors (Lipinski definition) is 1. The van der Waals surface area contributed by atoms with Gasteiger partial charge >= 0.3 is 0 Å². The van der Waals surface area contributed by atoms with Crippen molar-refractivity contribution in [1.82, 2.24) is 9.80 Å². The lowest BCUT2D eigenvalue weighted by Crippen LogP contribution is -2.43. The van der Waals surface area contributed by atoms with Crippen LogP contribution >= 0.6 is 0 Å². The first-order valence-corrected chi connectivity index (χ1v) is 7.01. The molecule has 1 aromatic rings. The van der Waals surface area contributed by atoms with Crippen molar-refractivity contribution >= 4 is 0 Å². The minimum absolute atomic E-state index is 0.141. The van der Waals surface area contributed by atoms with Gasteiger partial charge < -0.3 is 10.0 Å². The zero-order chi connectivity index (χ0) is 14.4. The van der Waals surface area contributed by atoms with Crippen LogP contribution in [-0.4, -0.2) is 55.2 Å². The van der Waals surface area contributed by atoms with Crippen LogP contribution in [0.1, 0.15) is 25.5 Å². The van der Waals surface area contributed by atoms with Crippen LogP contribution in [0, 0.1) is 5.92 Å². The summed E-state index contributed by atoms with van der Waals surface area (Å²) >= 11 is 0. The van der Waals surface area contributed by atoms with Crippen molar-refractivity contribution in [3.05, 3.63) is 35.9 Å². The summed E-state index contributed by atoms with van der Waals surface area (Å²) in [7, 11) is 6.25. The molecule has 1 aromatic carbocycles. The lowest BCUT2D eigenvalue weighted by molar-refractivity contribution is 0.0338. The standard InChI is InChI=1S/C16H28N2O/c1-13(2)15(18(5)12-11-17(3)4)16(19)14-9-7-6-8-10-14/h6-10,13,15-16,19H,11-12H2,1-5H3. The van der Waals surface area contributed by atoms with Gasteiger partial charge in [-0.05, 0) is 32.6 Å². The summed E-state index contributed by atoms with van der Waals surface area (Å²) < 4.78 is 0.